The van der Waals surface area contributed by atoms with Gasteiger partial charge in [-0.25, -0.2) is 0 Å². The molecule has 0 N–H and O–H groups in total. The maximum absolute atomic E-state index is 12.1. The number of rotatable bonds is 5. The molecule has 0 atom stereocenters. The second-order valence-electron chi connectivity index (χ2n) is 5.17. The van der Waals surface area contributed by atoms with Crippen molar-refractivity contribution in [3.63, 3.8) is 0 Å². The van der Waals surface area contributed by atoms with E-state index >= 15 is 0 Å². The van der Waals surface area contributed by atoms with Crippen LogP contribution in [0.5, 0.6) is 0 Å². The minimum Gasteiger partial charge on any atom is -0.299 e. The van der Waals surface area contributed by atoms with Crippen LogP contribution in [0.25, 0.3) is 0 Å². The highest BCUT2D eigenvalue weighted by atomic mass is 35.5. The van der Waals surface area contributed by atoms with Crippen LogP contribution in [0, 0.1) is 13.8 Å². The van der Waals surface area contributed by atoms with E-state index in [2.05, 4.69) is 36.3 Å². The van der Waals surface area contributed by atoms with E-state index < -0.39 is 0 Å². The van der Waals surface area contributed by atoms with Crippen molar-refractivity contribution in [3.05, 3.63) is 51.8 Å². The Bertz CT molecular complexity index is 614. The highest BCUT2D eigenvalue weighted by Crippen LogP contribution is 2.20. The Morgan fingerprint density at radius 1 is 1.25 bits per heavy atom. The summed E-state index contributed by atoms with van der Waals surface area (Å²) in [6.07, 6.45) is 1.65. The molecule has 0 aliphatic heterocycles. The molecular formula is C16H19ClN2O. The summed E-state index contributed by atoms with van der Waals surface area (Å²) in [5, 5.41) is 4.83. The number of nitrogens with zero attached hydrogens (tertiary/aromatic N) is 2. The van der Waals surface area contributed by atoms with Crippen LogP contribution in [-0.2, 0) is 24.7 Å². The van der Waals surface area contributed by atoms with E-state index in [0.29, 0.717) is 17.9 Å². The van der Waals surface area contributed by atoms with Gasteiger partial charge in [-0.3, -0.25) is 9.48 Å². The third-order valence-electron chi connectivity index (χ3n) is 3.44. The zero-order valence-electron chi connectivity index (χ0n) is 12.1. The quantitative estimate of drug-likeness (QED) is 0.845. The summed E-state index contributed by atoms with van der Waals surface area (Å²) in [6, 6.07) is 8.29. The third-order valence-corrected chi connectivity index (χ3v) is 3.93. The number of ketones is 1. The van der Waals surface area contributed by atoms with Gasteiger partial charge in [0.15, 0.2) is 0 Å². The van der Waals surface area contributed by atoms with Gasteiger partial charge in [0.25, 0.3) is 0 Å². The van der Waals surface area contributed by atoms with Gasteiger partial charge < -0.3 is 0 Å². The highest BCUT2D eigenvalue weighted by molar-refractivity contribution is 6.32. The smallest absolute Gasteiger partial charge is 0.139 e. The Kier molecular flexibility index (Phi) is 4.61. The molecule has 0 aliphatic carbocycles. The first-order valence-electron chi connectivity index (χ1n) is 6.72. The van der Waals surface area contributed by atoms with E-state index in [9.17, 15) is 4.79 Å². The summed E-state index contributed by atoms with van der Waals surface area (Å²) in [4.78, 5) is 12.1. The normalized spacial score (nSPS) is 10.8. The zero-order chi connectivity index (χ0) is 14.7. The molecule has 0 saturated carbocycles. The molecule has 0 amide bonds. The van der Waals surface area contributed by atoms with Crippen molar-refractivity contribution >= 4 is 17.4 Å². The van der Waals surface area contributed by atoms with Gasteiger partial charge in [0, 0.05) is 19.9 Å². The van der Waals surface area contributed by atoms with Gasteiger partial charge >= 0.3 is 0 Å². The van der Waals surface area contributed by atoms with Gasteiger partial charge in [0.05, 0.1) is 16.4 Å². The summed E-state index contributed by atoms with van der Waals surface area (Å²) in [7, 11) is 1.82. The Hall–Kier alpha value is -1.61. The number of carbonyl (C=O) groups is 1. The molecule has 1 heterocycles. The van der Waals surface area contributed by atoms with E-state index in [1.165, 1.54) is 11.1 Å². The van der Waals surface area contributed by atoms with Crippen molar-refractivity contribution < 1.29 is 4.79 Å². The van der Waals surface area contributed by atoms with Crippen LogP contribution < -0.4 is 0 Å². The number of hydrogen-bond donors (Lipinski definition) is 0. The fourth-order valence-electron chi connectivity index (χ4n) is 2.19. The first-order chi connectivity index (χ1) is 9.47. The summed E-state index contributed by atoms with van der Waals surface area (Å²) in [6.45, 7) is 3.91. The van der Waals surface area contributed by atoms with Crippen LogP contribution in [-0.4, -0.2) is 15.6 Å². The summed E-state index contributed by atoms with van der Waals surface area (Å²) < 4.78 is 1.70. The Morgan fingerprint density at radius 3 is 2.45 bits per heavy atom. The van der Waals surface area contributed by atoms with Crippen molar-refractivity contribution in [2.24, 2.45) is 7.05 Å². The molecule has 1 aromatic heterocycles. The lowest BCUT2D eigenvalue weighted by Gasteiger charge is -2.04. The molecule has 3 nitrogen and oxygen atoms in total. The Labute approximate surface area is 124 Å². The molecule has 0 bridgehead atoms. The largest absolute Gasteiger partial charge is 0.299 e. The average molecular weight is 291 g/mol. The number of aryl methyl sites for hydroxylation is 4. The van der Waals surface area contributed by atoms with E-state index in [4.69, 9.17) is 11.6 Å². The first kappa shape index (κ1) is 14.8. The van der Waals surface area contributed by atoms with Crippen molar-refractivity contribution in [2.45, 2.75) is 33.1 Å². The molecule has 0 fully saturated rings. The molecule has 0 radical (unpaired) electrons. The van der Waals surface area contributed by atoms with Gasteiger partial charge in [-0.05, 0) is 25.8 Å². The molecule has 1 aromatic carbocycles. The fraction of sp³-hybridized carbons (Fsp3) is 0.375. The number of Topliss-reactive ketones (excluding diaryl/α,β-unsaturated/α-hetero) is 1. The average Bonchev–Trinajstić information content (AvgIpc) is 2.65. The van der Waals surface area contributed by atoms with E-state index in [1.807, 2.05) is 14.0 Å². The lowest BCUT2D eigenvalue weighted by Crippen LogP contribution is -2.08. The van der Waals surface area contributed by atoms with Crippen molar-refractivity contribution in [1.82, 2.24) is 9.78 Å². The number of benzene rings is 1. The monoisotopic (exact) mass is 290 g/mol. The Morgan fingerprint density at radius 2 is 1.90 bits per heavy atom. The SMILES string of the molecule is Cc1ccc(CCC(=O)Cc2c(Cl)c(C)nn2C)cc1. The summed E-state index contributed by atoms with van der Waals surface area (Å²) in [5.41, 5.74) is 4.00. The van der Waals surface area contributed by atoms with Crippen LogP contribution in [0.3, 0.4) is 0 Å². The van der Waals surface area contributed by atoms with Gasteiger partial charge in [0.2, 0.25) is 0 Å². The van der Waals surface area contributed by atoms with Crippen LogP contribution in [0.15, 0.2) is 24.3 Å². The summed E-state index contributed by atoms with van der Waals surface area (Å²) in [5.74, 6) is 0.190. The molecule has 2 rings (SSSR count). The van der Waals surface area contributed by atoms with E-state index in [0.717, 1.165) is 17.8 Å². The zero-order valence-corrected chi connectivity index (χ0v) is 12.9. The maximum atomic E-state index is 12.1. The molecule has 0 saturated heterocycles. The van der Waals surface area contributed by atoms with E-state index in [-0.39, 0.29) is 5.78 Å². The van der Waals surface area contributed by atoms with Gasteiger partial charge in [-0.2, -0.15) is 5.10 Å². The second-order valence-corrected chi connectivity index (χ2v) is 5.55. The number of aromatic nitrogens is 2. The van der Waals surface area contributed by atoms with Gasteiger partial charge in [-0.15, -0.1) is 0 Å². The first-order valence-corrected chi connectivity index (χ1v) is 7.10. The molecule has 0 spiro atoms. The lowest BCUT2D eigenvalue weighted by atomic mass is 10.0. The molecule has 0 unspecified atom stereocenters. The molecule has 4 heteroatoms. The second kappa shape index (κ2) is 6.23. The maximum Gasteiger partial charge on any atom is 0.139 e. The third kappa shape index (κ3) is 3.48. The van der Waals surface area contributed by atoms with Crippen LogP contribution in [0.1, 0.15) is 28.9 Å². The molecule has 0 aliphatic rings. The summed E-state index contributed by atoms with van der Waals surface area (Å²) >= 11 is 6.16. The number of halogens is 1. The topological polar surface area (TPSA) is 34.9 Å². The fourth-order valence-corrected chi connectivity index (χ4v) is 2.41. The minimum absolute atomic E-state index is 0.190. The molecular weight excluding hydrogens is 272 g/mol. The van der Waals surface area contributed by atoms with Crippen molar-refractivity contribution in [3.8, 4) is 0 Å². The number of carbonyl (C=O) groups excluding carboxylic acids is 1. The molecule has 106 valence electrons. The van der Waals surface area contributed by atoms with Crippen LogP contribution in [0.2, 0.25) is 5.02 Å². The highest BCUT2D eigenvalue weighted by Gasteiger charge is 2.14. The predicted molar refractivity (Wildman–Crippen MR) is 81.2 cm³/mol. The Balaban J connectivity index is 1.94. The van der Waals surface area contributed by atoms with Gasteiger partial charge in [0.1, 0.15) is 5.78 Å². The van der Waals surface area contributed by atoms with E-state index in [1.54, 1.807) is 4.68 Å². The van der Waals surface area contributed by atoms with Crippen LogP contribution >= 0.6 is 11.6 Å². The molecule has 2 aromatic rings. The number of hydrogen-bond acceptors (Lipinski definition) is 2. The van der Waals surface area contributed by atoms with Crippen molar-refractivity contribution in [1.29, 1.82) is 0 Å². The lowest BCUT2D eigenvalue weighted by molar-refractivity contribution is -0.118. The predicted octanol–water partition coefficient (Wildman–Crippen LogP) is 3.43. The minimum atomic E-state index is 0.190. The standard InChI is InChI=1S/C16H19ClN2O/c1-11-4-6-13(7-5-11)8-9-14(20)10-15-16(17)12(2)18-19(15)3/h4-7H,8-10H2,1-3H3. The van der Waals surface area contributed by atoms with Gasteiger partial charge in [-0.1, -0.05) is 41.4 Å². The van der Waals surface area contributed by atoms with Crippen molar-refractivity contribution in [2.75, 3.05) is 0 Å². The van der Waals surface area contributed by atoms with Crippen LogP contribution in [0.4, 0.5) is 0 Å². The molecule has 20 heavy (non-hydrogen) atoms.